The van der Waals surface area contributed by atoms with Gasteiger partial charge in [-0.1, -0.05) is 12.8 Å². The van der Waals surface area contributed by atoms with E-state index in [1.165, 1.54) is 12.8 Å². The molecule has 1 aliphatic heterocycles. The number of thiophene rings is 1. The number of hydrogen-bond donors (Lipinski definition) is 0. The molecule has 0 unspecified atom stereocenters. The van der Waals surface area contributed by atoms with Crippen LogP contribution in [0, 0.1) is 0 Å². The van der Waals surface area contributed by atoms with E-state index in [-0.39, 0.29) is 18.4 Å². The lowest BCUT2D eigenvalue weighted by Crippen LogP contribution is -2.35. The maximum absolute atomic E-state index is 12.7. The van der Waals surface area contributed by atoms with Gasteiger partial charge in [0, 0.05) is 18.5 Å². The van der Waals surface area contributed by atoms with Gasteiger partial charge in [0.2, 0.25) is 5.91 Å². The van der Waals surface area contributed by atoms with Gasteiger partial charge in [0.1, 0.15) is 17.1 Å². The Bertz CT molecular complexity index is 696. The fourth-order valence-electron chi connectivity index (χ4n) is 3.06. The molecular weight excluding hydrogens is 312 g/mol. The van der Waals surface area contributed by atoms with Gasteiger partial charge in [-0.05, 0) is 37.3 Å². The Hall–Kier alpha value is -1.82. The summed E-state index contributed by atoms with van der Waals surface area (Å²) in [4.78, 5) is 27.7. The monoisotopic (exact) mass is 334 g/mol. The third kappa shape index (κ3) is 3.42. The second-order valence-corrected chi connectivity index (χ2v) is 6.71. The van der Waals surface area contributed by atoms with Crippen LogP contribution < -0.4 is 0 Å². The standard InChI is InChI=1S/C17H22N2O3S/c1-2-22-17(21)14-11-13-7-10-23-16(13)19(14)12-15(20)18-8-5-3-4-6-9-18/h7,10-11H,2-6,8-9,12H2,1H3. The van der Waals surface area contributed by atoms with Gasteiger partial charge in [0.05, 0.1) is 6.61 Å². The topological polar surface area (TPSA) is 51.5 Å². The minimum Gasteiger partial charge on any atom is -0.461 e. The molecule has 2 aromatic heterocycles. The lowest BCUT2D eigenvalue weighted by atomic mass is 10.2. The molecule has 0 bridgehead atoms. The highest BCUT2D eigenvalue weighted by atomic mass is 32.1. The van der Waals surface area contributed by atoms with Crippen molar-refractivity contribution in [3.8, 4) is 0 Å². The molecule has 0 N–H and O–H groups in total. The van der Waals surface area contributed by atoms with Crippen molar-refractivity contribution in [1.29, 1.82) is 0 Å². The smallest absolute Gasteiger partial charge is 0.355 e. The summed E-state index contributed by atoms with van der Waals surface area (Å²) in [6.45, 7) is 3.97. The van der Waals surface area contributed by atoms with E-state index in [2.05, 4.69) is 0 Å². The SMILES string of the molecule is CCOC(=O)c1cc2ccsc2n1CC(=O)N1CCCCCC1. The van der Waals surface area contributed by atoms with E-state index in [0.717, 1.165) is 36.1 Å². The van der Waals surface area contributed by atoms with Gasteiger partial charge < -0.3 is 14.2 Å². The molecule has 3 heterocycles. The highest BCUT2D eigenvalue weighted by Gasteiger charge is 2.22. The predicted molar refractivity (Wildman–Crippen MR) is 90.8 cm³/mol. The van der Waals surface area contributed by atoms with Crippen molar-refractivity contribution in [3.63, 3.8) is 0 Å². The first-order valence-electron chi connectivity index (χ1n) is 8.22. The first-order chi connectivity index (χ1) is 11.2. The van der Waals surface area contributed by atoms with Gasteiger partial charge in [-0.2, -0.15) is 0 Å². The summed E-state index contributed by atoms with van der Waals surface area (Å²) in [6, 6.07) is 3.79. The van der Waals surface area contributed by atoms with E-state index in [1.54, 1.807) is 18.3 Å². The molecule has 124 valence electrons. The van der Waals surface area contributed by atoms with Crippen LogP contribution in [-0.2, 0) is 16.1 Å². The Labute approximate surface area is 139 Å². The number of hydrogen-bond acceptors (Lipinski definition) is 4. The van der Waals surface area contributed by atoms with Crippen molar-refractivity contribution in [2.24, 2.45) is 0 Å². The average molecular weight is 334 g/mol. The second kappa shape index (κ2) is 7.17. The number of ether oxygens (including phenoxy) is 1. The fourth-order valence-corrected chi connectivity index (χ4v) is 3.96. The Balaban J connectivity index is 1.85. The molecule has 1 aliphatic rings. The van der Waals surface area contributed by atoms with Crippen LogP contribution in [-0.4, -0.2) is 41.0 Å². The molecule has 3 rings (SSSR count). The Morgan fingerprint density at radius 3 is 2.65 bits per heavy atom. The summed E-state index contributed by atoms with van der Waals surface area (Å²) in [7, 11) is 0. The van der Waals surface area contributed by atoms with Gasteiger partial charge in [-0.3, -0.25) is 4.79 Å². The van der Waals surface area contributed by atoms with Gasteiger partial charge in [-0.25, -0.2) is 4.79 Å². The summed E-state index contributed by atoms with van der Waals surface area (Å²) in [5.41, 5.74) is 0.469. The second-order valence-electron chi connectivity index (χ2n) is 5.81. The van der Waals surface area contributed by atoms with Crippen molar-refractivity contribution in [1.82, 2.24) is 9.47 Å². The third-order valence-corrected chi connectivity index (χ3v) is 5.19. The number of aromatic nitrogens is 1. The number of likely N-dealkylation sites (tertiary alicyclic amines) is 1. The Kier molecular flexibility index (Phi) is 5.00. The molecular formula is C17H22N2O3S. The van der Waals surface area contributed by atoms with Gasteiger partial charge in [0.25, 0.3) is 0 Å². The summed E-state index contributed by atoms with van der Waals surface area (Å²) < 4.78 is 6.95. The summed E-state index contributed by atoms with van der Waals surface area (Å²) in [6.07, 6.45) is 4.51. The molecule has 2 aromatic rings. The van der Waals surface area contributed by atoms with Crippen LogP contribution in [0.2, 0.25) is 0 Å². The zero-order valence-corrected chi connectivity index (χ0v) is 14.2. The number of amides is 1. The number of rotatable bonds is 4. The molecule has 1 fully saturated rings. The van der Waals surface area contributed by atoms with Gasteiger partial charge in [0.15, 0.2) is 0 Å². The highest BCUT2D eigenvalue weighted by molar-refractivity contribution is 7.16. The minimum atomic E-state index is -0.362. The van der Waals surface area contributed by atoms with Crippen LogP contribution in [0.3, 0.4) is 0 Å². The molecule has 5 nitrogen and oxygen atoms in total. The quantitative estimate of drug-likeness (QED) is 0.806. The molecule has 0 radical (unpaired) electrons. The normalized spacial score (nSPS) is 15.6. The molecule has 23 heavy (non-hydrogen) atoms. The predicted octanol–water partition coefficient (Wildman–Crippen LogP) is 3.28. The first kappa shape index (κ1) is 16.1. The van der Waals surface area contributed by atoms with E-state index in [0.29, 0.717) is 12.3 Å². The molecule has 0 aliphatic carbocycles. The Morgan fingerprint density at radius 1 is 1.22 bits per heavy atom. The largest absolute Gasteiger partial charge is 0.461 e. The average Bonchev–Trinajstić information content (AvgIpc) is 3.00. The number of esters is 1. The summed E-state index contributed by atoms with van der Waals surface area (Å²) in [5, 5.41) is 2.97. The van der Waals surface area contributed by atoms with E-state index < -0.39 is 0 Å². The fraction of sp³-hybridized carbons (Fsp3) is 0.529. The van der Waals surface area contributed by atoms with Crippen molar-refractivity contribution in [2.45, 2.75) is 39.2 Å². The van der Waals surface area contributed by atoms with Crippen molar-refractivity contribution < 1.29 is 14.3 Å². The maximum Gasteiger partial charge on any atom is 0.355 e. The van der Waals surface area contributed by atoms with Crippen LogP contribution in [0.4, 0.5) is 0 Å². The van der Waals surface area contributed by atoms with Crippen molar-refractivity contribution in [3.05, 3.63) is 23.2 Å². The summed E-state index contributed by atoms with van der Waals surface area (Å²) >= 11 is 1.55. The number of carbonyl (C=O) groups excluding carboxylic acids is 2. The number of carbonyl (C=O) groups is 2. The minimum absolute atomic E-state index is 0.0864. The van der Waals surface area contributed by atoms with Crippen LogP contribution in [0.1, 0.15) is 43.1 Å². The molecule has 0 atom stereocenters. The lowest BCUT2D eigenvalue weighted by molar-refractivity contribution is -0.131. The number of nitrogens with zero attached hydrogens (tertiary/aromatic N) is 2. The lowest BCUT2D eigenvalue weighted by Gasteiger charge is -2.21. The van der Waals surface area contributed by atoms with E-state index in [9.17, 15) is 9.59 Å². The molecule has 6 heteroatoms. The molecule has 1 amide bonds. The molecule has 1 saturated heterocycles. The van der Waals surface area contributed by atoms with Crippen LogP contribution in [0.25, 0.3) is 10.2 Å². The van der Waals surface area contributed by atoms with Gasteiger partial charge >= 0.3 is 5.97 Å². The van der Waals surface area contributed by atoms with E-state index in [4.69, 9.17) is 4.74 Å². The number of fused-ring (bicyclic) bond motifs is 1. The first-order valence-corrected chi connectivity index (χ1v) is 9.10. The third-order valence-electron chi connectivity index (χ3n) is 4.24. The van der Waals surface area contributed by atoms with Crippen LogP contribution >= 0.6 is 11.3 Å². The molecule has 0 aromatic carbocycles. The molecule has 0 spiro atoms. The maximum atomic E-state index is 12.7. The van der Waals surface area contributed by atoms with Crippen molar-refractivity contribution in [2.75, 3.05) is 19.7 Å². The van der Waals surface area contributed by atoms with Crippen LogP contribution in [0.15, 0.2) is 17.5 Å². The van der Waals surface area contributed by atoms with Crippen LogP contribution in [0.5, 0.6) is 0 Å². The highest BCUT2D eigenvalue weighted by Crippen LogP contribution is 2.26. The van der Waals surface area contributed by atoms with Gasteiger partial charge in [-0.15, -0.1) is 11.3 Å². The Morgan fingerprint density at radius 2 is 1.96 bits per heavy atom. The van der Waals surface area contributed by atoms with E-state index in [1.807, 2.05) is 27.0 Å². The summed E-state index contributed by atoms with van der Waals surface area (Å²) in [5.74, 6) is -0.275. The van der Waals surface area contributed by atoms with E-state index >= 15 is 0 Å². The van der Waals surface area contributed by atoms with Crippen molar-refractivity contribution >= 4 is 33.4 Å². The zero-order valence-electron chi connectivity index (χ0n) is 13.4. The molecule has 0 saturated carbocycles. The zero-order chi connectivity index (χ0) is 16.2.